The standard InChI is InChI=1S/C21H25N5O2S2/c1-4-10-26-18(14-8-6-5-7-9-14)24-25-21(26)29-11-15-22-19(28)16-12(2)17(13(3)27)30-20(16)23-15/h4,14H,1,5-11H2,2-3H3,(H,22,23,28). The van der Waals surface area contributed by atoms with Crippen molar-refractivity contribution in [3.63, 3.8) is 0 Å². The number of ketones is 1. The van der Waals surface area contributed by atoms with Crippen LogP contribution < -0.4 is 5.56 Å². The second-order valence-corrected chi connectivity index (χ2v) is 9.61. The topological polar surface area (TPSA) is 93.5 Å². The first-order valence-corrected chi connectivity index (χ1v) is 12.0. The molecule has 158 valence electrons. The number of aromatic nitrogens is 5. The third kappa shape index (κ3) is 4.00. The van der Waals surface area contributed by atoms with Gasteiger partial charge in [0.15, 0.2) is 10.9 Å². The number of H-pyrrole nitrogens is 1. The van der Waals surface area contributed by atoms with Crippen LogP contribution in [0.3, 0.4) is 0 Å². The van der Waals surface area contributed by atoms with E-state index in [-0.39, 0.29) is 11.3 Å². The van der Waals surface area contributed by atoms with Crippen LogP contribution in [0.25, 0.3) is 10.2 Å². The quantitative estimate of drug-likeness (QED) is 0.325. The molecule has 0 atom stereocenters. The number of aromatic amines is 1. The Bertz CT molecular complexity index is 1150. The number of carbonyl (C=O) groups is 1. The van der Waals surface area contributed by atoms with Crippen LogP contribution in [0, 0.1) is 6.92 Å². The molecule has 1 saturated carbocycles. The number of rotatable bonds is 7. The molecule has 1 N–H and O–H groups in total. The van der Waals surface area contributed by atoms with E-state index in [2.05, 4.69) is 31.3 Å². The zero-order valence-electron chi connectivity index (χ0n) is 17.2. The van der Waals surface area contributed by atoms with Gasteiger partial charge in [-0.3, -0.25) is 9.59 Å². The molecule has 3 heterocycles. The summed E-state index contributed by atoms with van der Waals surface area (Å²) in [5.74, 6) is 2.49. The average Bonchev–Trinajstić information content (AvgIpc) is 3.28. The molecule has 0 amide bonds. The third-order valence-corrected chi connectivity index (χ3v) is 7.80. The lowest BCUT2D eigenvalue weighted by Crippen LogP contribution is -2.13. The van der Waals surface area contributed by atoms with E-state index < -0.39 is 0 Å². The molecular weight excluding hydrogens is 418 g/mol. The Hall–Kier alpha value is -2.26. The zero-order chi connectivity index (χ0) is 21.3. The SMILES string of the molecule is C=CCn1c(SCc2nc3sc(C(C)=O)c(C)c3c(=O)[nH]2)nnc1C1CCCCC1. The van der Waals surface area contributed by atoms with Crippen LogP contribution >= 0.6 is 23.1 Å². The van der Waals surface area contributed by atoms with Crippen LogP contribution in [0.1, 0.15) is 71.8 Å². The molecule has 0 spiro atoms. The number of thiophene rings is 1. The number of aryl methyl sites for hydroxylation is 1. The van der Waals surface area contributed by atoms with Crippen molar-refractivity contribution in [1.29, 1.82) is 0 Å². The van der Waals surface area contributed by atoms with Crippen LogP contribution in [0.2, 0.25) is 0 Å². The predicted molar refractivity (Wildman–Crippen MR) is 121 cm³/mol. The number of thioether (sulfide) groups is 1. The Balaban J connectivity index is 1.59. The minimum atomic E-state index is -0.202. The van der Waals surface area contributed by atoms with Crippen molar-refractivity contribution in [2.75, 3.05) is 0 Å². The summed E-state index contributed by atoms with van der Waals surface area (Å²) in [6.45, 7) is 7.85. The van der Waals surface area contributed by atoms with E-state index >= 15 is 0 Å². The minimum absolute atomic E-state index is 0.0430. The molecule has 0 bridgehead atoms. The largest absolute Gasteiger partial charge is 0.309 e. The van der Waals surface area contributed by atoms with Gasteiger partial charge in [-0.2, -0.15) is 0 Å². The molecule has 0 radical (unpaired) electrons. The van der Waals surface area contributed by atoms with Gasteiger partial charge in [-0.15, -0.1) is 28.1 Å². The van der Waals surface area contributed by atoms with Crippen molar-refractivity contribution in [2.45, 2.75) is 69.3 Å². The van der Waals surface area contributed by atoms with Crippen molar-refractivity contribution in [3.05, 3.63) is 45.1 Å². The van der Waals surface area contributed by atoms with Crippen LogP contribution in [0.5, 0.6) is 0 Å². The molecule has 1 aliphatic rings. The van der Waals surface area contributed by atoms with Crippen molar-refractivity contribution in [2.24, 2.45) is 0 Å². The van der Waals surface area contributed by atoms with E-state index in [4.69, 9.17) is 0 Å². The van der Waals surface area contributed by atoms with E-state index in [1.54, 1.807) is 6.92 Å². The molecule has 9 heteroatoms. The van der Waals surface area contributed by atoms with E-state index in [1.807, 2.05) is 6.08 Å². The molecule has 4 rings (SSSR count). The second-order valence-electron chi connectivity index (χ2n) is 7.67. The summed E-state index contributed by atoms with van der Waals surface area (Å²) in [6.07, 6.45) is 7.94. The molecule has 0 aliphatic heterocycles. The predicted octanol–water partition coefficient (Wildman–Crippen LogP) is 4.61. The fourth-order valence-electron chi connectivity index (χ4n) is 4.10. The van der Waals surface area contributed by atoms with E-state index in [0.717, 1.165) is 23.8 Å². The summed E-state index contributed by atoms with van der Waals surface area (Å²) in [5.41, 5.74) is 0.505. The molecule has 0 saturated heterocycles. The first-order valence-electron chi connectivity index (χ1n) is 10.2. The molecule has 3 aromatic heterocycles. The maximum atomic E-state index is 12.6. The van der Waals surface area contributed by atoms with Gasteiger partial charge in [-0.25, -0.2) is 4.98 Å². The Morgan fingerprint density at radius 2 is 2.10 bits per heavy atom. The summed E-state index contributed by atoms with van der Waals surface area (Å²) in [5, 5.41) is 10.2. The molecular formula is C21H25N5O2S2. The molecule has 0 unspecified atom stereocenters. The lowest BCUT2D eigenvalue weighted by atomic mass is 9.89. The van der Waals surface area contributed by atoms with E-state index in [9.17, 15) is 9.59 Å². The number of carbonyl (C=O) groups excluding carboxylic acids is 1. The van der Waals surface area contributed by atoms with E-state index in [1.165, 1.54) is 49.3 Å². The van der Waals surface area contributed by atoms with Gasteiger partial charge in [0.1, 0.15) is 16.5 Å². The molecule has 1 aliphatic carbocycles. The van der Waals surface area contributed by atoms with Gasteiger partial charge in [-0.05, 0) is 32.3 Å². The smallest absolute Gasteiger partial charge is 0.259 e. The van der Waals surface area contributed by atoms with Crippen molar-refractivity contribution in [3.8, 4) is 0 Å². The Morgan fingerprint density at radius 1 is 1.33 bits per heavy atom. The number of nitrogens with zero attached hydrogens (tertiary/aromatic N) is 4. The highest BCUT2D eigenvalue weighted by Gasteiger charge is 2.23. The highest BCUT2D eigenvalue weighted by Crippen LogP contribution is 2.34. The van der Waals surface area contributed by atoms with Gasteiger partial charge < -0.3 is 9.55 Å². The van der Waals surface area contributed by atoms with Gasteiger partial charge in [0.25, 0.3) is 5.56 Å². The van der Waals surface area contributed by atoms with Gasteiger partial charge in [-0.1, -0.05) is 37.1 Å². The summed E-state index contributed by atoms with van der Waals surface area (Å²) < 4.78 is 2.13. The maximum Gasteiger partial charge on any atom is 0.259 e. The van der Waals surface area contributed by atoms with Crippen LogP contribution in [0.15, 0.2) is 22.6 Å². The average molecular weight is 444 g/mol. The summed E-state index contributed by atoms with van der Waals surface area (Å²) in [4.78, 5) is 33.1. The number of Topliss-reactive ketones (excluding diaryl/α,β-unsaturated/α-hetero) is 1. The summed E-state index contributed by atoms with van der Waals surface area (Å²) in [7, 11) is 0. The Kier molecular flexibility index (Phi) is 6.19. The summed E-state index contributed by atoms with van der Waals surface area (Å²) in [6, 6.07) is 0. The number of hydrogen-bond donors (Lipinski definition) is 1. The second kappa shape index (κ2) is 8.85. The van der Waals surface area contributed by atoms with Crippen LogP contribution in [0.4, 0.5) is 0 Å². The highest BCUT2D eigenvalue weighted by molar-refractivity contribution is 7.98. The number of nitrogens with one attached hydrogen (secondary N) is 1. The monoisotopic (exact) mass is 443 g/mol. The lowest BCUT2D eigenvalue weighted by Gasteiger charge is -2.21. The number of allylic oxidation sites excluding steroid dienone is 1. The summed E-state index contributed by atoms with van der Waals surface area (Å²) >= 11 is 2.79. The molecule has 30 heavy (non-hydrogen) atoms. The molecule has 3 aromatic rings. The fraction of sp³-hybridized carbons (Fsp3) is 0.476. The van der Waals surface area contributed by atoms with E-state index in [0.29, 0.717) is 44.7 Å². The molecule has 1 fully saturated rings. The Labute approximate surface area is 183 Å². The maximum absolute atomic E-state index is 12.6. The van der Waals surface area contributed by atoms with Crippen LogP contribution in [-0.2, 0) is 12.3 Å². The van der Waals surface area contributed by atoms with Gasteiger partial charge in [0.05, 0.1) is 16.0 Å². The van der Waals surface area contributed by atoms with Gasteiger partial charge in [0, 0.05) is 12.5 Å². The number of fused-ring (bicyclic) bond motifs is 1. The molecule has 0 aromatic carbocycles. The fourth-order valence-corrected chi connectivity index (χ4v) is 6.02. The van der Waals surface area contributed by atoms with Gasteiger partial charge in [0.2, 0.25) is 0 Å². The molecule has 7 nitrogen and oxygen atoms in total. The normalized spacial score (nSPS) is 15.0. The van der Waals surface area contributed by atoms with Crippen molar-refractivity contribution in [1.82, 2.24) is 24.7 Å². The number of hydrogen-bond acceptors (Lipinski definition) is 7. The Morgan fingerprint density at radius 3 is 2.80 bits per heavy atom. The zero-order valence-corrected chi connectivity index (χ0v) is 18.9. The van der Waals surface area contributed by atoms with Crippen molar-refractivity contribution >= 4 is 39.1 Å². The van der Waals surface area contributed by atoms with Gasteiger partial charge >= 0.3 is 0 Å². The van der Waals surface area contributed by atoms with Crippen molar-refractivity contribution < 1.29 is 4.79 Å². The first-order chi connectivity index (χ1) is 14.5. The highest BCUT2D eigenvalue weighted by atomic mass is 32.2. The van der Waals surface area contributed by atoms with Crippen LogP contribution in [-0.4, -0.2) is 30.5 Å². The third-order valence-electron chi connectivity index (χ3n) is 5.53. The first kappa shape index (κ1) is 21.0. The minimum Gasteiger partial charge on any atom is -0.309 e. The lowest BCUT2D eigenvalue weighted by molar-refractivity contribution is 0.102.